The number of fused-ring (bicyclic) bond motifs is 15. The fourth-order valence-corrected chi connectivity index (χ4v) is 6.68. The predicted octanol–water partition coefficient (Wildman–Crippen LogP) is 7.94. The molecule has 5 aromatic carbocycles. The summed E-state index contributed by atoms with van der Waals surface area (Å²) >= 11 is 0. The molecule has 35 heavy (non-hydrogen) atoms. The first-order valence-corrected chi connectivity index (χ1v) is 12.3. The highest BCUT2D eigenvalue weighted by Crippen LogP contribution is 2.46. The average molecular weight is 445 g/mol. The van der Waals surface area contributed by atoms with Crippen LogP contribution in [0.5, 0.6) is 0 Å². The number of aromatic nitrogens is 2. The third-order valence-electron chi connectivity index (χ3n) is 8.18. The van der Waals surface area contributed by atoms with Gasteiger partial charge in [-0.25, -0.2) is 4.98 Å². The van der Waals surface area contributed by atoms with Crippen LogP contribution < -0.4 is 0 Å². The molecule has 0 radical (unpaired) electrons. The van der Waals surface area contributed by atoms with E-state index in [1.54, 1.807) is 0 Å². The van der Waals surface area contributed by atoms with E-state index in [1.165, 1.54) is 71.7 Å². The smallest absolute Gasteiger partial charge is 0.146 e. The van der Waals surface area contributed by atoms with Gasteiger partial charge in [0.25, 0.3) is 0 Å². The summed E-state index contributed by atoms with van der Waals surface area (Å²) in [5.74, 6) is 0. The highest BCUT2D eigenvalue weighted by atomic mass is 15.0. The molecule has 0 saturated heterocycles. The van der Waals surface area contributed by atoms with Crippen LogP contribution in [0, 0.1) is 0 Å². The molecule has 0 bridgehead atoms. The van der Waals surface area contributed by atoms with Crippen molar-refractivity contribution in [3.8, 4) is 22.3 Å². The number of nitrogens with zero attached hydrogens (tertiary/aromatic N) is 2. The lowest BCUT2D eigenvalue weighted by molar-refractivity contribution is 1.25. The van der Waals surface area contributed by atoms with Crippen molar-refractivity contribution in [3.63, 3.8) is 0 Å². The van der Waals surface area contributed by atoms with Gasteiger partial charge in [0.15, 0.2) is 0 Å². The molecule has 2 heteroatoms. The first kappa shape index (κ1) is 18.0. The fraction of sp³-hybridized carbons (Fsp3) is 0.0606. The van der Waals surface area contributed by atoms with Gasteiger partial charge < -0.3 is 0 Å². The minimum Gasteiger partial charge on any atom is -0.291 e. The van der Waals surface area contributed by atoms with Crippen LogP contribution in [0.25, 0.3) is 60.6 Å². The highest BCUT2D eigenvalue weighted by molar-refractivity contribution is 6.19. The molecule has 0 atom stereocenters. The van der Waals surface area contributed by atoms with Gasteiger partial charge in [-0.15, -0.1) is 0 Å². The molecule has 0 fully saturated rings. The lowest BCUT2D eigenvalue weighted by Gasteiger charge is -2.15. The van der Waals surface area contributed by atoms with Crippen molar-refractivity contribution < 1.29 is 0 Å². The predicted molar refractivity (Wildman–Crippen MR) is 144 cm³/mol. The monoisotopic (exact) mass is 444 g/mol. The molecule has 2 nitrogen and oxygen atoms in total. The van der Waals surface area contributed by atoms with Gasteiger partial charge in [-0.3, -0.25) is 4.40 Å². The number of imidazole rings is 1. The molecular weight excluding hydrogens is 424 g/mol. The number of hydrogen-bond acceptors (Lipinski definition) is 1. The summed E-state index contributed by atoms with van der Waals surface area (Å²) in [6.07, 6.45) is 1.98. The largest absolute Gasteiger partial charge is 0.291 e. The summed E-state index contributed by atoms with van der Waals surface area (Å²) in [6, 6.07) is 35.8. The van der Waals surface area contributed by atoms with E-state index in [4.69, 9.17) is 4.98 Å². The van der Waals surface area contributed by atoms with Crippen LogP contribution in [-0.4, -0.2) is 9.38 Å². The maximum atomic E-state index is 5.21. The Hall–Kier alpha value is -4.43. The van der Waals surface area contributed by atoms with Crippen LogP contribution in [-0.2, 0) is 12.8 Å². The van der Waals surface area contributed by atoms with E-state index in [9.17, 15) is 0 Å². The Morgan fingerprint density at radius 2 is 1.29 bits per heavy atom. The molecule has 0 spiro atoms. The second-order valence-corrected chi connectivity index (χ2v) is 9.98. The van der Waals surface area contributed by atoms with E-state index in [-0.39, 0.29) is 0 Å². The summed E-state index contributed by atoms with van der Waals surface area (Å²) < 4.78 is 2.43. The van der Waals surface area contributed by atoms with E-state index in [1.807, 2.05) is 0 Å². The second kappa shape index (κ2) is 6.17. The van der Waals surface area contributed by atoms with Crippen molar-refractivity contribution in [1.29, 1.82) is 0 Å². The van der Waals surface area contributed by atoms with Gasteiger partial charge in [0.05, 0.1) is 16.6 Å². The maximum absolute atomic E-state index is 5.21. The second-order valence-electron chi connectivity index (χ2n) is 9.98. The number of para-hydroxylation sites is 2. The van der Waals surface area contributed by atoms with Gasteiger partial charge in [-0.2, -0.15) is 0 Å². The Balaban J connectivity index is 1.55. The fourth-order valence-electron chi connectivity index (χ4n) is 6.68. The number of rotatable bonds is 0. The van der Waals surface area contributed by atoms with Crippen LogP contribution >= 0.6 is 0 Å². The third kappa shape index (κ3) is 2.18. The van der Waals surface area contributed by atoms with Crippen LogP contribution in [0.3, 0.4) is 0 Å². The normalized spacial score (nSPS) is 13.5. The summed E-state index contributed by atoms with van der Waals surface area (Å²) in [6.45, 7) is 0. The van der Waals surface area contributed by atoms with Gasteiger partial charge in [0, 0.05) is 16.3 Å². The summed E-state index contributed by atoms with van der Waals surface area (Å²) in [5, 5.41) is 3.84. The topological polar surface area (TPSA) is 17.3 Å². The first-order chi connectivity index (χ1) is 17.3. The van der Waals surface area contributed by atoms with Gasteiger partial charge in [0.1, 0.15) is 5.65 Å². The minimum atomic E-state index is 0.990. The Labute approximate surface area is 202 Å². The van der Waals surface area contributed by atoms with E-state index in [0.29, 0.717) is 0 Å². The molecule has 9 rings (SSSR count). The van der Waals surface area contributed by atoms with Crippen molar-refractivity contribution in [1.82, 2.24) is 9.38 Å². The molecule has 7 aromatic rings. The highest BCUT2D eigenvalue weighted by Gasteiger charge is 2.26. The SMILES string of the molecule is c1ccc2c(c1)Cc1cc3c(cc1-2)c1ccc2c(c1n1c4ccccc4nc31)-c1ccccc1C2. The molecule has 0 aliphatic heterocycles. The molecule has 0 N–H and O–H groups in total. The van der Waals surface area contributed by atoms with Gasteiger partial charge >= 0.3 is 0 Å². The standard InChI is InChI=1S/C33H20N2/c1-3-9-23-19(7-1)16-22-17-28-27(18-26(22)23)25-14-13-21-15-20-8-2-4-10-24(20)31(21)32(25)35-30-12-6-5-11-29(30)34-33(28)35/h1-14,17-18H,15-16H2. The molecule has 0 amide bonds. The summed E-state index contributed by atoms with van der Waals surface area (Å²) in [7, 11) is 0. The van der Waals surface area contributed by atoms with E-state index in [2.05, 4.69) is 101 Å². The van der Waals surface area contributed by atoms with Gasteiger partial charge in [0.2, 0.25) is 0 Å². The molecule has 0 unspecified atom stereocenters. The van der Waals surface area contributed by atoms with Crippen molar-refractivity contribution in [3.05, 3.63) is 119 Å². The van der Waals surface area contributed by atoms with Crippen molar-refractivity contribution in [2.45, 2.75) is 12.8 Å². The molecule has 2 aromatic heterocycles. The van der Waals surface area contributed by atoms with E-state index < -0.39 is 0 Å². The lowest BCUT2D eigenvalue weighted by Crippen LogP contribution is -1.96. The zero-order chi connectivity index (χ0) is 22.7. The quantitative estimate of drug-likeness (QED) is 0.217. The molecule has 2 heterocycles. The summed E-state index contributed by atoms with van der Waals surface area (Å²) in [4.78, 5) is 5.21. The van der Waals surface area contributed by atoms with Gasteiger partial charge in [-0.05, 0) is 81.4 Å². The minimum absolute atomic E-state index is 0.990. The Bertz CT molecular complexity index is 2060. The van der Waals surface area contributed by atoms with Crippen molar-refractivity contribution >= 4 is 38.4 Å². The molecule has 162 valence electrons. The Kier molecular flexibility index (Phi) is 3.16. The van der Waals surface area contributed by atoms with Crippen LogP contribution in [0.2, 0.25) is 0 Å². The van der Waals surface area contributed by atoms with Gasteiger partial charge in [-0.1, -0.05) is 72.8 Å². The van der Waals surface area contributed by atoms with Crippen molar-refractivity contribution in [2.24, 2.45) is 0 Å². The molecular formula is C33H20N2. The molecule has 0 saturated carbocycles. The zero-order valence-electron chi connectivity index (χ0n) is 19.0. The van der Waals surface area contributed by atoms with E-state index >= 15 is 0 Å². The van der Waals surface area contributed by atoms with Crippen LogP contribution in [0.4, 0.5) is 0 Å². The Morgan fingerprint density at radius 1 is 0.543 bits per heavy atom. The number of benzene rings is 5. The maximum Gasteiger partial charge on any atom is 0.146 e. The van der Waals surface area contributed by atoms with Crippen LogP contribution in [0.1, 0.15) is 22.3 Å². The molecule has 2 aliphatic rings. The molecule has 2 aliphatic carbocycles. The lowest BCUT2D eigenvalue weighted by atomic mass is 9.95. The average Bonchev–Trinajstić information content (AvgIpc) is 3.58. The number of pyridine rings is 1. The van der Waals surface area contributed by atoms with Crippen molar-refractivity contribution in [2.75, 3.05) is 0 Å². The number of hydrogen-bond donors (Lipinski definition) is 0. The van der Waals surface area contributed by atoms with E-state index in [0.717, 1.165) is 24.0 Å². The zero-order valence-corrected chi connectivity index (χ0v) is 19.0. The Morgan fingerprint density at radius 3 is 2.20 bits per heavy atom. The van der Waals surface area contributed by atoms with Crippen LogP contribution in [0.15, 0.2) is 97.1 Å². The summed E-state index contributed by atoms with van der Waals surface area (Å²) in [5.41, 5.74) is 15.7. The first-order valence-electron chi connectivity index (χ1n) is 12.3. The third-order valence-corrected chi connectivity index (χ3v) is 8.18.